The number of aryl methyl sites for hydroxylation is 1. The molecule has 4 heteroatoms. The van der Waals surface area contributed by atoms with E-state index in [1.807, 2.05) is 48.0 Å². The summed E-state index contributed by atoms with van der Waals surface area (Å²) in [6.45, 7) is 2.00. The Morgan fingerprint density at radius 2 is 2.23 bits per heavy atom. The summed E-state index contributed by atoms with van der Waals surface area (Å²) in [7, 11) is 0. The fourth-order valence-electron chi connectivity index (χ4n) is 1.25. The van der Waals surface area contributed by atoms with Crippen LogP contribution in [0, 0.1) is 6.92 Å². The van der Waals surface area contributed by atoms with Crippen molar-refractivity contribution in [2.24, 2.45) is 0 Å². The number of fused-ring (bicyclic) bond motifs is 1. The Bertz CT molecular complexity index is 518. The molecule has 0 aliphatic rings. The second-order valence-corrected chi connectivity index (χ2v) is 3.81. The first-order valence-electron chi connectivity index (χ1n) is 3.83. The zero-order chi connectivity index (χ0) is 9.42. The maximum Gasteiger partial charge on any atom is 0.283 e. The third-order valence-electron chi connectivity index (χ3n) is 1.90. The van der Waals surface area contributed by atoms with Crippen LogP contribution in [0.25, 0.3) is 10.8 Å². The van der Waals surface area contributed by atoms with Crippen molar-refractivity contribution in [1.29, 1.82) is 0 Å². The summed E-state index contributed by atoms with van der Waals surface area (Å²) in [5.41, 5.74) is 1.08. The Balaban J connectivity index is 2.95. The van der Waals surface area contributed by atoms with E-state index in [4.69, 9.17) is 0 Å². The van der Waals surface area contributed by atoms with E-state index in [9.17, 15) is 4.79 Å². The van der Waals surface area contributed by atoms with Crippen molar-refractivity contribution in [2.75, 3.05) is 0 Å². The van der Waals surface area contributed by atoms with Crippen molar-refractivity contribution >= 4 is 33.6 Å². The fraction of sp³-hybridized carbons (Fsp3) is 0.111. The summed E-state index contributed by atoms with van der Waals surface area (Å²) in [5, 5.41) is 5.56. The van der Waals surface area contributed by atoms with E-state index in [1.54, 1.807) is 6.20 Å². The molecule has 1 heterocycles. The van der Waals surface area contributed by atoms with Gasteiger partial charge in [-0.15, -0.1) is 0 Å². The summed E-state index contributed by atoms with van der Waals surface area (Å²) in [5.74, 6) is 0. The number of hydrogen-bond donors (Lipinski definition) is 0. The molecule has 3 nitrogen and oxygen atoms in total. The maximum absolute atomic E-state index is 11.5. The van der Waals surface area contributed by atoms with Crippen LogP contribution in [0.3, 0.4) is 0 Å². The monoisotopic (exact) mass is 286 g/mol. The molecule has 0 atom stereocenters. The lowest BCUT2D eigenvalue weighted by Gasteiger charge is -1.98. The van der Waals surface area contributed by atoms with Crippen molar-refractivity contribution in [3.05, 3.63) is 40.3 Å². The van der Waals surface area contributed by atoms with Crippen LogP contribution >= 0.6 is 22.9 Å². The van der Waals surface area contributed by atoms with Crippen molar-refractivity contribution < 1.29 is 0 Å². The summed E-state index contributed by atoms with van der Waals surface area (Å²) < 4.78 is 1.31. The number of aromatic nitrogens is 2. The topological polar surface area (TPSA) is 34.9 Å². The Labute approximate surface area is 88.9 Å². The molecule has 0 saturated carbocycles. The Kier molecular flexibility index (Phi) is 2.07. The van der Waals surface area contributed by atoms with Crippen LogP contribution in [0.2, 0.25) is 0 Å². The smallest absolute Gasteiger partial charge is 0.266 e. The first-order chi connectivity index (χ1) is 6.18. The SMILES string of the molecule is Cc1ccc2c(=O)n(I)ncc2c1. The van der Waals surface area contributed by atoms with Gasteiger partial charge >= 0.3 is 0 Å². The van der Waals surface area contributed by atoms with Gasteiger partial charge in [-0.05, 0) is 19.1 Å². The van der Waals surface area contributed by atoms with Crippen molar-refractivity contribution in [2.45, 2.75) is 6.92 Å². The molecule has 1 aromatic heterocycles. The van der Waals surface area contributed by atoms with Crippen LogP contribution < -0.4 is 5.56 Å². The minimum atomic E-state index is -0.0573. The molecule has 0 radical (unpaired) electrons. The van der Waals surface area contributed by atoms with Crippen LogP contribution in [0.1, 0.15) is 5.56 Å². The van der Waals surface area contributed by atoms with Crippen molar-refractivity contribution in [3.63, 3.8) is 0 Å². The zero-order valence-electron chi connectivity index (χ0n) is 6.99. The van der Waals surface area contributed by atoms with Gasteiger partial charge in [-0.1, -0.05) is 11.6 Å². The first-order valence-corrected chi connectivity index (χ1v) is 4.80. The van der Waals surface area contributed by atoms with Gasteiger partial charge in [-0.3, -0.25) is 4.79 Å². The lowest BCUT2D eigenvalue weighted by atomic mass is 10.1. The lowest BCUT2D eigenvalue weighted by molar-refractivity contribution is 0.978. The molecule has 0 spiro atoms. The molecule has 13 heavy (non-hydrogen) atoms. The van der Waals surface area contributed by atoms with Crippen molar-refractivity contribution in [1.82, 2.24) is 7.99 Å². The van der Waals surface area contributed by atoms with Crippen LogP contribution in [-0.4, -0.2) is 7.99 Å². The molecule has 0 fully saturated rings. The molecule has 1 aromatic carbocycles. The third-order valence-corrected chi connectivity index (χ3v) is 2.59. The van der Waals surface area contributed by atoms with Gasteiger partial charge in [0.25, 0.3) is 5.56 Å². The van der Waals surface area contributed by atoms with Gasteiger partial charge in [-0.2, -0.15) is 7.99 Å². The maximum atomic E-state index is 11.5. The molecule has 66 valence electrons. The average molecular weight is 286 g/mol. The predicted octanol–water partition coefficient (Wildman–Crippen LogP) is 1.90. The fourth-order valence-corrected chi connectivity index (χ4v) is 1.63. The van der Waals surface area contributed by atoms with Gasteiger partial charge in [0.1, 0.15) is 0 Å². The molecule has 0 saturated heterocycles. The van der Waals surface area contributed by atoms with E-state index in [1.165, 1.54) is 2.90 Å². The summed E-state index contributed by atoms with van der Waals surface area (Å²) in [4.78, 5) is 11.5. The van der Waals surface area contributed by atoms with Gasteiger partial charge in [0, 0.05) is 5.39 Å². The highest BCUT2D eigenvalue weighted by Gasteiger charge is 2.00. The summed E-state index contributed by atoms with van der Waals surface area (Å²) in [6.07, 6.45) is 1.70. The van der Waals surface area contributed by atoms with Gasteiger partial charge in [0.2, 0.25) is 0 Å². The standard InChI is InChI=1S/C9H7IN2O/c1-6-2-3-8-7(4-6)5-11-12(10)9(8)13/h2-5H,1H3. The van der Waals surface area contributed by atoms with Crippen LogP contribution in [-0.2, 0) is 0 Å². The molecule has 0 amide bonds. The molecule has 0 aliphatic heterocycles. The minimum absolute atomic E-state index is 0.0573. The van der Waals surface area contributed by atoms with Gasteiger partial charge in [0.15, 0.2) is 0 Å². The number of halogens is 1. The lowest BCUT2D eigenvalue weighted by Crippen LogP contribution is -2.14. The molecule has 0 bridgehead atoms. The highest BCUT2D eigenvalue weighted by atomic mass is 127. The van der Waals surface area contributed by atoms with E-state index in [-0.39, 0.29) is 5.56 Å². The van der Waals surface area contributed by atoms with Gasteiger partial charge < -0.3 is 0 Å². The highest BCUT2D eigenvalue weighted by molar-refractivity contribution is 14.1. The normalized spacial score (nSPS) is 10.6. The van der Waals surface area contributed by atoms with E-state index in [0.29, 0.717) is 0 Å². The van der Waals surface area contributed by atoms with Gasteiger partial charge in [0.05, 0.1) is 34.4 Å². The van der Waals surface area contributed by atoms with Crippen LogP contribution in [0.15, 0.2) is 29.2 Å². The molecule has 0 N–H and O–H groups in total. The number of hydrogen-bond acceptors (Lipinski definition) is 2. The van der Waals surface area contributed by atoms with E-state index < -0.39 is 0 Å². The van der Waals surface area contributed by atoms with Crippen LogP contribution in [0.5, 0.6) is 0 Å². The number of benzene rings is 1. The first kappa shape index (κ1) is 8.68. The molecule has 0 unspecified atom stereocenters. The quantitative estimate of drug-likeness (QED) is 0.693. The average Bonchev–Trinajstić information content (AvgIpc) is 2.12. The largest absolute Gasteiger partial charge is 0.283 e. The Morgan fingerprint density at radius 1 is 1.46 bits per heavy atom. The summed E-state index contributed by atoms with van der Waals surface area (Å²) in [6, 6.07) is 5.73. The highest BCUT2D eigenvalue weighted by Crippen LogP contribution is 2.10. The van der Waals surface area contributed by atoms with Crippen LogP contribution in [0.4, 0.5) is 0 Å². The van der Waals surface area contributed by atoms with E-state index in [0.717, 1.165) is 16.3 Å². The van der Waals surface area contributed by atoms with Crippen molar-refractivity contribution in [3.8, 4) is 0 Å². The van der Waals surface area contributed by atoms with E-state index in [2.05, 4.69) is 5.10 Å². The van der Waals surface area contributed by atoms with E-state index >= 15 is 0 Å². The second kappa shape index (κ2) is 3.10. The Hall–Kier alpha value is -0.910. The Morgan fingerprint density at radius 3 is 3.00 bits per heavy atom. The molecule has 0 aliphatic carbocycles. The number of rotatable bonds is 0. The molecular weight excluding hydrogens is 279 g/mol. The summed E-state index contributed by atoms with van der Waals surface area (Å²) >= 11 is 1.87. The minimum Gasteiger partial charge on any atom is -0.266 e. The third kappa shape index (κ3) is 1.46. The molecule has 2 rings (SSSR count). The number of nitrogens with zero attached hydrogens (tertiary/aromatic N) is 2. The molecular formula is C9H7IN2O. The predicted molar refractivity (Wildman–Crippen MR) is 60.2 cm³/mol. The van der Waals surface area contributed by atoms with Gasteiger partial charge in [-0.25, -0.2) is 0 Å². The zero-order valence-corrected chi connectivity index (χ0v) is 9.15. The molecule has 2 aromatic rings. The second-order valence-electron chi connectivity index (χ2n) is 2.90.